The summed E-state index contributed by atoms with van der Waals surface area (Å²) in [5, 5.41) is 0. The summed E-state index contributed by atoms with van der Waals surface area (Å²) in [4.78, 5) is 17.0. The molecule has 4 nitrogen and oxygen atoms in total. The van der Waals surface area contributed by atoms with E-state index in [9.17, 15) is 9.18 Å². The first-order valence-corrected chi connectivity index (χ1v) is 10.3. The summed E-state index contributed by atoms with van der Waals surface area (Å²) in [6.45, 7) is 11.2. The summed E-state index contributed by atoms with van der Waals surface area (Å²) in [5.74, 6) is 0.523. The predicted molar refractivity (Wildman–Crippen MR) is 115 cm³/mol. The van der Waals surface area contributed by atoms with Crippen molar-refractivity contribution in [3.8, 4) is 5.75 Å². The van der Waals surface area contributed by atoms with E-state index in [0.717, 1.165) is 24.5 Å². The smallest absolute Gasteiger partial charge is 0.263 e. The minimum Gasteiger partial charge on any atom is -0.481 e. The Morgan fingerprint density at radius 2 is 1.59 bits per heavy atom. The number of hydrogen-bond donors (Lipinski definition) is 0. The molecular formula is C24H31FN2O2. The molecule has 0 aromatic heterocycles. The Hall–Kier alpha value is -2.56. The van der Waals surface area contributed by atoms with Gasteiger partial charge in [0.05, 0.1) is 0 Å². The SMILES string of the molecule is CC[C@@H](Oc1ccc(C(C)(C)C)cc1)C(=O)N1CCN(c2ccc(F)cc2)CC1. The Morgan fingerprint density at radius 3 is 2.10 bits per heavy atom. The zero-order valence-corrected chi connectivity index (χ0v) is 17.8. The van der Waals surface area contributed by atoms with Crippen molar-refractivity contribution in [2.45, 2.75) is 45.6 Å². The molecular weight excluding hydrogens is 367 g/mol. The second-order valence-electron chi connectivity index (χ2n) is 8.58. The molecule has 1 aliphatic heterocycles. The van der Waals surface area contributed by atoms with Crippen molar-refractivity contribution in [1.82, 2.24) is 4.90 Å². The molecule has 1 fully saturated rings. The van der Waals surface area contributed by atoms with E-state index in [1.54, 1.807) is 12.1 Å². The van der Waals surface area contributed by atoms with E-state index in [4.69, 9.17) is 4.74 Å². The number of nitrogens with zero attached hydrogens (tertiary/aromatic N) is 2. The van der Waals surface area contributed by atoms with Gasteiger partial charge in [-0.3, -0.25) is 4.79 Å². The van der Waals surface area contributed by atoms with Crippen LogP contribution in [0.1, 0.15) is 39.7 Å². The Balaban J connectivity index is 1.58. The van der Waals surface area contributed by atoms with Gasteiger partial charge in [-0.2, -0.15) is 0 Å². The van der Waals surface area contributed by atoms with Crippen molar-refractivity contribution in [2.24, 2.45) is 0 Å². The number of carbonyl (C=O) groups excluding carboxylic acids is 1. The Bertz CT molecular complexity index is 804. The molecule has 0 saturated carbocycles. The average molecular weight is 399 g/mol. The lowest BCUT2D eigenvalue weighted by atomic mass is 9.87. The molecule has 3 rings (SSSR count). The summed E-state index contributed by atoms with van der Waals surface area (Å²) < 4.78 is 19.1. The lowest BCUT2D eigenvalue weighted by molar-refractivity contribution is -0.139. The summed E-state index contributed by atoms with van der Waals surface area (Å²) in [5.41, 5.74) is 2.31. The molecule has 1 atom stereocenters. The van der Waals surface area contributed by atoms with Crippen LogP contribution in [0.2, 0.25) is 0 Å². The maximum Gasteiger partial charge on any atom is 0.263 e. The van der Waals surface area contributed by atoms with Crippen LogP contribution in [0.15, 0.2) is 48.5 Å². The maximum absolute atomic E-state index is 13.1. The van der Waals surface area contributed by atoms with Crippen LogP contribution in [0, 0.1) is 5.82 Å². The molecule has 0 radical (unpaired) electrons. The third-order valence-corrected chi connectivity index (χ3v) is 5.43. The molecule has 0 bridgehead atoms. The van der Waals surface area contributed by atoms with E-state index in [-0.39, 0.29) is 17.1 Å². The normalized spacial score (nSPS) is 15.9. The molecule has 29 heavy (non-hydrogen) atoms. The van der Waals surface area contributed by atoms with E-state index in [0.29, 0.717) is 19.5 Å². The highest BCUT2D eigenvalue weighted by atomic mass is 19.1. The van der Waals surface area contributed by atoms with Gasteiger partial charge in [-0.15, -0.1) is 0 Å². The Kier molecular flexibility index (Phi) is 6.46. The lowest BCUT2D eigenvalue weighted by Crippen LogP contribution is -2.52. The summed E-state index contributed by atoms with van der Waals surface area (Å²) in [7, 11) is 0. The molecule has 1 saturated heterocycles. The van der Waals surface area contributed by atoms with E-state index >= 15 is 0 Å². The number of hydrogen-bond acceptors (Lipinski definition) is 3. The first-order chi connectivity index (χ1) is 13.8. The maximum atomic E-state index is 13.1. The second kappa shape index (κ2) is 8.85. The van der Waals surface area contributed by atoms with Gasteiger partial charge in [0.15, 0.2) is 6.10 Å². The number of anilines is 1. The number of benzene rings is 2. The first kappa shape index (κ1) is 21.2. The number of amides is 1. The molecule has 2 aromatic rings. The van der Waals surface area contributed by atoms with Crippen molar-refractivity contribution >= 4 is 11.6 Å². The first-order valence-electron chi connectivity index (χ1n) is 10.3. The number of halogens is 1. The largest absolute Gasteiger partial charge is 0.481 e. The van der Waals surface area contributed by atoms with Gasteiger partial charge in [-0.25, -0.2) is 4.39 Å². The van der Waals surface area contributed by atoms with Crippen molar-refractivity contribution in [2.75, 3.05) is 31.1 Å². The molecule has 156 valence electrons. The van der Waals surface area contributed by atoms with Crippen molar-refractivity contribution in [3.05, 3.63) is 59.9 Å². The number of rotatable bonds is 5. The predicted octanol–water partition coefficient (Wildman–Crippen LogP) is 4.63. The van der Waals surface area contributed by atoms with E-state index in [1.165, 1.54) is 17.7 Å². The molecule has 2 aromatic carbocycles. The van der Waals surface area contributed by atoms with Crippen molar-refractivity contribution in [1.29, 1.82) is 0 Å². The third kappa shape index (κ3) is 5.28. The van der Waals surface area contributed by atoms with Crippen LogP contribution in [0.25, 0.3) is 0 Å². The van der Waals surface area contributed by atoms with E-state index in [2.05, 4.69) is 37.8 Å². The van der Waals surface area contributed by atoms with E-state index in [1.807, 2.05) is 24.0 Å². The van der Waals surface area contributed by atoms with Gasteiger partial charge >= 0.3 is 0 Å². The van der Waals surface area contributed by atoms with Gasteiger partial charge in [0.25, 0.3) is 5.91 Å². The zero-order valence-electron chi connectivity index (χ0n) is 17.8. The van der Waals surface area contributed by atoms with E-state index < -0.39 is 6.10 Å². The molecule has 1 aliphatic rings. The van der Waals surface area contributed by atoms with Crippen LogP contribution in [0.3, 0.4) is 0 Å². The van der Waals surface area contributed by atoms with Gasteiger partial charge in [0.2, 0.25) is 0 Å². The topological polar surface area (TPSA) is 32.8 Å². The van der Waals surface area contributed by atoms with Gasteiger partial charge in [0.1, 0.15) is 11.6 Å². The fraction of sp³-hybridized carbons (Fsp3) is 0.458. The minimum atomic E-state index is -0.479. The molecule has 1 amide bonds. The molecule has 1 heterocycles. The van der Waals surface area contributed by atoms with Gasteiger partial charge < -0.3 is 14.5 Å². The number of carbonyl (C=O) groups is 1. The van der Waals surface area contributed by atoms with Crippen molar-refractivity contribution < 1.29 is 13.9 Å². The highest BCUT2D eigenvalue weighted by Crippen LogP contribution is 2.25. The summed E-state index contributed by atoms with van der Waals surface area (Å²) in [6, 6.07) is 14.5. The molecule has 0 unspecified atom stereocenters. The summed E-state index contributed by atoms with van der Waals surface area (Å²) in [6.07, 6.45) is 0.144. The minimum absolute atomic E-state index is 0.0335. The highest BCUT2D eigenvalue weighted by Gasteiger charge is 2.28. The van der Waals surface area contributed by atoms with Gasteiger partial charge in [-0.1, -0.05) is 39.8 Å². The van der Waals surface area contributed by atoms with Crippen molar-refractivity contribution in [3.63, 3.8) is 0 Å². The van der Waals surface area contributed by atoms with Crippen LogP contribution in [0.4, 0.5) is 10.1 Å². The fourth-order valence-electron chi connectivity index (χ4n) is 3.55. The zero-order chi connectivity index (χ0) is 21.0. The average Bonchev–Trinajstić information content (AvgIpc) is 2.72. The monoisotopic (exact) mass is 398 g/mol. The van der Waals surface area contributed by atoms with Crippen LogP contribution in [-0.4, -0.2) is 43.1 Å². The quantitative estimate of drug-likeness (QED) is 0.736. The Morgan fingerprint density at radius 1 is 1.00 bits per heavy atom. The fourth-order valence-corrected chi connectivity index (χ4v) is 3.55. The van der Waals surface area contributed by atoms with Crippen LogP contribution in [-0.2, 0) is 10.2 Å². The lowest BCUT2D eigenvalue weighted by Gasteiger charge is -2.37. The Labute approximate surface area is 173 Å². The van der Waals surface area contributed by atoms with Crippen LogP contribution in [0.5, 0.6) is 5.75 Å². The number of ether oxygens (including phenoxy) is 1. The molecule has 5 heteroatoms. The second-order valence-corrected chi connectivity index (χ2v) is 8.58. The standard InChI is InChI=1S/C24H31FN2O2/c1-5-22(29-21-12-6-18(7-13-21)24(2,3)4)23(28)27-16-14-26(15-17-27)20-10-8-19(25)9-11-20/h6-13,22H,5,14-17H2,1-4H3/t22-/m1/s1. The third-order valence-electron chi connectivity index (χ3n) is 5.43. The molecule has 0 aliphatic carbocycles. The van der Waals surface area contributed by atoms with Gasteiger partial charge in [-0.05, 0) is 53.8 Å². The van der Waals surface area contributed by atoms with Crippen LogP contribution < -0.4 is 9.64 Å². The van der Waals surface area contributed by atoms with Gasteiger partial charge in [0, 0.05) is 31.9 Å². The van der Waals surface area contributed by atoms with Crippen LogP contribution >= 0.6 is 0 Å². The summed E-state index contributed by atoms with van der Waals surface area (Å²) >= 11 is 0. The molecule has 0 N–H and O–H groups in total. The molecule has 0 spiro atoms. The highest BCUT2D eigenvalue weighted by molar-refractivity contribution is 5.81. The number of piperazine rings is 1.